The highest BCUT2D eigenvalue weighted by molar-refractivity contribution is 4.94. The van der Waals surface area contributed by atoms with Gasteiger partial charge in [0.15, 0.2) is 0 Å². The van der Waals surface area contributed by atoms with E-state index < -0.39 is 0 Å². The molecule has 0 aromatic heterocycles. The van der Waals surface area contributed by atoms with E-state index in [9.17, 15) is 0 Å². The lowest BCUT2D eigenvalue weighted by atomic mass is 10.0. The third kappa shape index (κ3) is 2.73. The van der Waals surface area contributed by atoms with Gasteiger partial charge in [-0.25, -0.2) is 0 Å². The molecule has 0 saturated heterocycles. The maximum absolute atomic E-state index is 3.71. The van der Waals surface area contributed by atoms with Crippen LogP contribution in [-0.4, -0.2) is 13.1 Å². The summed E-state index contributed by atoms with van der Waals surface area (Å²) in [7, 11) is 0. The standard InChI is InChI=1S/C13H25N/c1-2-7-13(8-9-13)11-14-10-12-5-3-4-6-12/h12,14H,2-11H2,1H3. The molecule has 2 fully saturated rings. The number of hydrogen-bond donors (Lipinski definition) is 1. The highest BCUT2D eigenvalue weighted by Crippen LogP contribution is 2.48. The summed E-state index contributed by atoms with van der Waals surface area (Å²) >= 11 is 0. The van der Waals surface area contributed by atoms with E-state index in [-0.39, 0.29) is 0 Å². The molecule has 2 aliphatic rings. The summed E-state index contributed by atoms with van der Waals surface area (Å²) < 4.78 is 0. The predicted molar refractivity (Wildman–Crippen MR) is 61.4 cm³/mol. The summed E-state index contributed by atoms with van der Waals surface area (Å²) in [6, 6.07) is 0. The van der Waals surface area contributed by atoms with Crippen LogP contribution in [0, 0.1) is 11.3 Å². The van der Waals surface area contributed by atoms with Crippen LogP contribution in [0.15, 0.2) is 0 Å². The molecule has 1 N–H and O–H groups in total. The Morgan fingerprint density at radius 2 is 1.93 bits per heavy atom. The van der Waals surface area contributed by atoms with Crippen molar-refractivity contribution in [3.8, 4) is 0 Å². The van der Waals surface area contributed by atoms with Gasteiger partial charge in [0.25, 0.3) is 0 Å². The second-order valence-corrected chi connectivity index (χ2v) is 5.53. The topological polar surface area (TPSA) is 12.0 Å². The first kappa shape index (κ1) is 10.5. The first-order chi connectivity index (χ1) is 6.85. The van der Waals surface area contributed by atoms with Crippen molar-refractivity contribution in [2.75, 3.05) is 13.1 Å². The third-order valence-corrected chi connectivity index (χ3v) is 4.15. The number of nitrogens with one attached hydrogen (secondary N) is 1. The fraction of sp³-hybridized carbons (Fsp3) is 1.00. The van der Waals surface area contributed by atoms with Gasteiger partial charge in [-0.3, -0.25) is 0 Å². The molecule has 0 bridgehead atoms. The number of hydrogen-bond acceptors (Lipinski definition) is 1. The first-order valence-electron chi connectivity index (χ1n) is 6.55. The van der Waals surface area contributed by atoms with Crippen molar-refractivity contribution in [3.05, 3.63) is 0 Å². The second-order valence-electron chi connectivity index (χ2n) is 5.53. The van der Waals surface area contributed by atoms with Crippen LogP contribution in [-0.2, 0) is 0 Å². The van der Waals surface area contributed by atoms with Crippen molar-refractivity contribution in [1.82, 2.24) is 5.32 Å². The van der Waals surface area contributed by atoms with E-state index in [1.807, 2.05) is 0 Å². The van der Waals surface area contributed by atoms with E-state index in [1.165, 1.54) is 64.5 Å². The van der Waals surface area contributed by atoms with Gasteiger partial charge in [0.05, 0.1) is 0 Å². The van der Waals surface area contributed by atoms with Crippen LogP contribution in [0.5, 0.6) is 0 Å². The summed E-state index contributed by atoms with van der Waals surface area (Å²) in [5.74, 6) is 1.01. The zero-order valence-corrected chi connectivity index (χ0v) is 9.65. The molecule has 2 rings (SSSR count). The Balaban J connectivity index is 1.58. The fourth-order valence-electron chi connectivity index (χ4n) is 2.98. The molecular formula is C13H25N. The SMILES string of the molecule is CCCC1(CNCC2CCCC2)CC1. The van der Waals surface area contributed by atoms with Crippen LogP contribution in [0.2, 0.25) is 0 Å². The highest BCUT2D eigenvalue weighted by atomic mass is 14.9. The van der Waals surface area contributed by atoms with Gasteiger partial charge >= 0.3 is 0 Å². The monoisotopic (exact) mass is 195 g/mol. The van der Waals surface area contributed by atoms with E-state index in [1.54, 1.807) is 0 Å². The van der Waals surface area contributed by atoms with Gasteiger partial charge in [0.1, 0.15) is 0 Å². The summed E-state index contributed by atoms with van der Waals surface area (Å²) in [5, 5.41) is 3.71. The molecule has 0 aliphatic heterocycles. The van der Waals surface area contributed by atoms with Crippen LogP contribution in [0.4, 0.5) is 0 Å². The Labute approximate surface area is 88.7 Å². The van der Waals surface area contributed by atoms with Crippen LogP contribution < -0.4 is 5.32 Å². The molecule has 0 spiro atoms. The van der Waals surface area contributed by atoms with E-state index in [2.05, 4.69) is 12.2 Å². The van der Waals surface area contributed by atoms with E-state index in [0.29, 0.717) is 0 Å². The lowest BCUT2D eigenvalue weighted by Crippen LogP contribution is -2.28. The molecule has 0 atom stereocenters. The van der Waals surface area contributed by atoms with Crippen molar-refractivity contribution < 1.29 is 0 Å². The maximum Gasteiger partial charge on any atom is 0.000793 e. The van der Waals surface area contributed by atoms with Crippen LogP contribution in [0.25, 0.3) is 0 Å². The molecule has 1 nitrogen and oxygen atoms in total. The van der Waals surface area contributed by atoms with E-state index >= 15 is 0 Å². The molecule has 0 aromatic carbocycles. The van der Waals surface area contributed by atoms with Gasteiger partial charge in [-0.05, 0) is 50.0 Å². The summed E-state index contributed by atoms with van der Waals surface area (Å²) in [5.41, 5.74) is 0.743. The van der Waals surface area contributed by atoms with Gasteiger partial charge in [0.2, 0.25) is 0 Å². The Hall–Kier alpha value is -0.0400. The highest BCUT2D eigenvalue weighted by Gasteiger charge is 2.40. The average Bonchev–Trinajstić information content (AvgIpc) is 2.75. The second kappa shape index (κ2) is 4.65. The molecular weight excluding hydrogens is 170 g/mol. The summed E-state index contributed by atoms with van der Waals surface area (Å²) in [6.45, 7) is 4.92. The van der Waals surface area contributed by atoms with Gasteiger partial charge in [-0.1, -0.05) is 26.2 Å². The Morgan fingerprint density at radius 3 is 2.50 bits per heavy atom. The van der Waals surface area contributed by atoms with Crippen molar-refractivity contribution in [2.24, 2.45) is 11.3 Å². The van der Waals surface area contributed by atoms with Crippen molar-refractivity contribution in [2.45, 2.75) is 58.3 Å². The van der Waals surface area contributed by atoms with Crippen molar-refractivity contribution >= 4 is 0 Å². The lowest BCUT2D eigenvalue weighted by Gasteiger charge is -2.17. The molecule has 1 heteroatoms. The molecule has 0 radical (unpaired) electrons. The predicted octanol–water partition coefficient (Wildman–Crippen LogP) is 3.35. The van der Waals surface area contributed by atoms with E-state index in [0.717, 1.165) is 11.3 Å². The molecule has 0 aromatic rings. The maximum atomic E-state index is 3.71. The van der Waals surface area contributed by atoms with Crippen LogP contribution in [0.1, 0.15) is 58.3 Å². The zero-order valence-electron chi connectivity index (χ0n) is 9.65. The minimum Gasteiger partial charge on any atom is -0.316 e. The average molecular weight is 195 g/mol. The van der Waals surface area contributed by atoms with Crippen LogP contribution >= 0.6 is 0 Å². The fourth-order valence-corrected chi connectivity index (χ4v) is 2.98. The zero-order chi connectivity index (χ0) is 9.86. The number of rotatable bonds is 6. The molecule has 2 saturated carbocycles. The summed E-state index contributed by atoms with van der Waals surface area (Å²) in [6.07, 6.45) is 11.7. The Kier molecular flexibility index (Phi) is 3.48. The van der Waals surface area contributed by atoms with Gasteiger partial charge in [-0.2, -0.15) is 0 Å². The lowest BCUT2D eigenvalue weighted by molar-refractivity contribution is 0.392. The quantitative estimate of drug-likeness (QED) is 0.685. The molecule has 82 valence electrons. The minimum absolute atomic E-state index is 0.743. The largest absolute Gasteiger partial charge is 0.316 e. The Bertz CT molecular complexity index is 166. The normalized spacial score (nSPS) is 25.5. The molecule has 2 aliphatic carbocycles. The first-order valence-corrected chi connectivity index (χ1v) is 6.55. The van der Waals surface area contributed by atoms with Crippen molar-refractivity contribution in [1.29, 1.82) is 0 Å². The van der Waals surface area contributed by atoms with E-state index in [4.69, 9.17) is 0 Å². The van der Waals surface area contributed by atoms with Crippen LogP contribution in [0.3, 0.4) is 0 Å². The summed E-state index contributed by atoms with van der Waals surface area (Å²) in [4.78, 5) is 0. The molecule has 14 heavy (non-hydrogen) atoms. The Morgan fingerprint density at radius 1 is 1.21 bits per heavy atom. The van der Waals surface area contributed by atoms with Gasteiger partial charge in [0, 0.05) is 6.54 Å². The minimum atomic E-state index is 0.743. The smallest absolute Gasteiger partial charge is 0.000793 e. The molecule has 0 heterocycles. The molecule has 0 amide bonds. The van der Waals surface area contributed by atoms with Crippen molar-refractivity contribution in [3.63, 3.8) is 0 Å². The van der Waals surface area contributed by atoms with Gasteiger partial charge in [-0.15, -0.1) is 0 Å². The van der Waals surface area contributed by atoms with Gasteiger partial charge < -0.3 is 5.32 Å². The third-order valence-electron chi connectivity index (χ3n) is 4.15. The molecule has 0 unspecified atom stereocenters.